The second-order valence-electron chi connectivity index (χ2n) is 6.35. The summed E-state index contributed by atoms with van der Waals surface area (Å²) in [6, 6.07) is 10.6. The Kier molecular flexibility index (Phi) is 7.12. The van der Waals surface area contributed by atoms with Crippen molar-refractivity contribution in [3.8, 4) is 11.5 Å². The molecule has 2 aromatic rings. The Labute approximate surface area is 157 Å². The van der Waals surface area contributed by atoms with E-state index < -0.39 is 6.61 Å². The summed E-state index contributed by atoms with van der Waals surface area (Å²) in [5.41, 5.74) is 3.65. The van der Waals surface area contributed by atoms with E-state index in [1.54, 1.807) is 19.2 Å². The maximum atomic E-state index is 12.4. The third-order valence-electron chi connectivity index (χ3n) is 4.06. The second kappa shape index (κ2) is 9.32. The van der Waals surface area contributed by atoms with Gasteiger partial charge in [-0.15, -0.1) is 0 Å². The minimum absolute atomic E-state index is 0.0216. The van der Waals surface area contributed by atoms with Crippen molar-refractivity contribution in [2.24, 2.45) is 0 Å². The average Bonchev–Trinajstić information content (AvgIpc) is 2.59. The van der Waals surface area contributed by atoms with E-state index in [1.807, 2.05) is 36.9 Å². The van der Waals surface area contributed by atoms with Crippen LogP contribution in [-0.4, -0.2) is 38.1 Å². The van der Waals surface area contributed by atoms with Crippen molar-refractivity contribution in [2.75, 3.05) is 26.0 Å². The number of halogens is 2. The molecule has 0 unspecified atom stereocenters. The molecular formula is C20H24F2N2O3. The number of nitrogens with one attached hydrogen (secondary N) is 1. The van der Waals surface area contributed by atoms with Crippen molar-refractivity contribution >= 4 is 11.6 Å². The predicted molar refractivity (Wildman–Crippen MR) is 101 cm³/mol. The van der Waals surface area contributed by atoms with Crippen molar-refractivity contribution in [1.82, 2.24) is 4.90 Å². The molecule has 0 atom stereocenters. The van der Waals surface area contributed by atoms with Crippen molar-refractivity contribution < 1.29 is 23.0 Å². The van der Waals surface area contributed by atoms with Gasteiger partial charge in [-0.1, -0.05) is 24.3 Å². The van der Waals surface area contributed by atoms with Crippen molar-refractivity contribution in [3.05, 3.63) is 53.1 Å². The van der Waals surface area contributed by atoms with Gasteiger partial charge >= 0.3 is 6.61 Å². The summed E-state index contributed by atoms with van der Waals surface area (Å²) in [4.78, 5) is 14.2. The van der Waals surface area contributed by atoms with Crippen LogP contribution >= 0.6 is 0 Å². The van der Waals surface area contributed by atoms with Crippen LogP contribution in [0.1, 0.15) is 16.7 Å². The molecule has 27 heavy (non-hydrogen) atoms. The number of hydrogen-bond donors (Lipinski definition) is 1. The van der Waals surface area contributed by atoms with E-state index in [9.17, 15) is 13.6 Å². The molecule has 0 spiro atoms. The van der Waals surface area contributed by atoms with Crippen molar-refractivity contribution in [2.45, 2.75) is 27.0 Å². The number of methoxy groups -OCH3 is 1. The fourth-order valence-corrected chi connectivity index (χ4v) is 2.81. The number of carbonyl (C=O) groups is 1. The van der Waals surface area contributed by atoms with Crippen LogP contribution in [0.3, 0.4) is 0 Å². The highest BCUT2D eigenvalue weighted by Crippen LogP contribution is 2.29. The molecule has 0 aromatic heterocycles. The van der Waals surface area contributed by atoms with Crippen LogP contribution in [0.2, 0.25) is 0 Å². The average molecular weight is 378 g/mol. The molecule has 1 amide bonds. The zero-order valence-electron chi connectivity index (χ0n) is 15.9. The highest BCUT2D eigenvalue weighted by atomic mass is 19.3. The number of carbonyl (C=O) groups excluding carboxylic acids is 1. The number of benzene rings is 2. The standard InChI is InChI=1S/C20H24F2N2O3/c1-13-6-5-7-14(2)19(13)23-18(25)12-24(3)11-15-8-9-16(27-20(21)22)17(10-15)26-4/h5-10,20H,11-12H2,1-4H3,(H,23,25). The minimum Gasteiger partial charge on any atom is -0.493 e. The van der Waals surface area contributed by atoms with Gasteiger partial charge < -0.3 is 14.8 Å². The van der Waals surface area contributed by atoms with Gasteiger partial charge in [0.1, 0.15) is 0 Å². The number of rotatable bonds is 8. The summed E-state index contributed by atoms with van der Waals surface area (Å²) in [5.74, 6) is 0.0763. The number of anilines is 1. The van der Waals surface area contributed by atoms with E-state index in [0.717, 1.165) is 22.4 Å². The fraction of sp³-hybridized carbons (Fsp3) is 0.350. The van der Waals surface area contributed by atoms with Crippen molar-refractivity contribution in [3.63, 3.8) is 0 Å². The number of amides is 1. The lowest BCUT2D eigenvalue weighted by Crippen LogP contribution is -2.30. The highest BCUT2D eigenvalue weighted by Gasteiger charge is 2.14. The number of likely N-dealkylation sites (N-methyl/N-ethyl adjacent to an activating group) is 1. The Hall–Kier alpha value is -2.67. The Morgan fingerprint density at radius 1 is 1.15 bits per heavy atom. The number of aryl methyl sites for hydroxylation is 2. The number of alkyl halides is 2. The number of nitrogens with zero attached hydrogens (tertiary/aromatic N) is 1. The molecule has 0 aliphatic heterocycles. The van der Waals surface area contributed by atoms with Crippen LogP contribution < -0.4 is 14.8 Å². The summed E-state index contributed by atoms with van der Waals surface area (Å²) in [7, 11) is 3.19. The SMILES string of the molecule is COc1cc(CN(C)CC(=O)Nc2c(C)cccc2C)ccc1OC(F)F. The molecule has 5 nitrogen and oxygen atoms in total. The summed E-state index contributed by atoms with van der Waals surface area (Å²) < 4.78 is 34.3. The second-order valence-corrected chi connectivity index (χ2v) is 6.35. The van der Waals surface area contributed by atoms with E-state index in [2.05, 4.69) is 10.1 Å². The molecule has 0 heterocycles. The Morgan fingerprint density at radius 3 is 2.41 bits per heavy atom. The Morgan fingerprint density at radius 2 is 1.81 bits per heavy atom. The first-order valence-electron chi connectivity index (χ1n) is 8.46. The molecule has 7 heteroatoms. The number of hydrogen-bond acceptors (Lipinski definition) is 4. The van der Waals surface area contributed by atoms with Gasteiger partial charge in [0.05, 0.1) is 13.7 Å². The molecule has 0 radical (unpaired) electrons. The van der Waals surface area contributed by atoms with Crippen LogP contribution in [0.25, 0.3) is 0 Å². The first kappa shape index (κ1) is 20.6. The third kappa shape index (κ3) is 5.92. The molecule has 2 aromatic carbocycles. The monoisotopic (exact) mass is 378 g/mol. The first-order chi connectivity index (χ1) is 12.8. The molecule has 0 saturated heterocycles. The van der Waals surface area contributed by atoms with Gasteiger partial charge in [-0.2, -0.15) is 8.78 Å². The molecule has 0 aliphatic rings. The maximum Gasteiger partial charge on any atom is 0.387 e. The lowest BCUT2D eigenvalue weighted by Gasteiger charge is -2.19. The molecular weight excluding hydrogens is 354 g/mol. The molecule has 146 valence electrons. The lowest BCUT2D eigenvalue weighted by atomic mass is 10.1. The van der Waals surface area contributed by atoms with E-state index >= 15 is 0 Å². The normalized spacial score (nSPS) is 11.0. The third-order valence-corrected chi connectivity index (χ3v) is 4.06. The van der Waals surface area contributed by atoms with Gasteiger partial charge in [0.15, 0.2) is 11.5 Å². The van der Waals surface area contributed by atoms with E-state index in [-0.39, 0.29) is 24.0 Å². The quantitative estimate of drug-likeness (QED) is 0.755. The largest absolute Gasteiger partial charge is 0.493 e. The van der Waals surface area contributed by atoms with Gasteiger partial charge in [0.25, 0.3) is 0 Å². The molecule has 2 rings (SSSR count). The molecule has 0 fully saturated rings. The first-order valence-corrected chi connectivity index (χ1v) is 8.46. The maximum absolute atomic E-state index is 12.4. The summed E-state index contributed by atoms with van der Waals surface area (Å²) in [6.45, 7) is 1.61. The number of para-hydroxylation sites is 1. The van der Waals surface area contributed by atoms with E-state index in [0.29, 0.717) is 6.54 Å². The van der Waals surface area contributed by atoms with Crippen LogP contribution in [0.15, 0.2) is 36.4 Å². The van der Waals surface area contributed by atoms with E-state index in [1.165, 1.54) is 13.2 Å². The fourth-order valence-electron chi connectivity index (χ4n) is 2.81. The lowest BCUT2D eigenvalue weighted by molar-refractivity contribution is -0.117. The zero-order valence-corrected chi connectivity index (χ0v) is 15.9. The van der Waals surface area contributed by atoms with Gasteiger partial charge in [0.2, 0.25) is 5.91 Å². The summed E-state index contributed by atoms with van der Waals surface area (Å²) in [6.07, 6.45) is 0. The van der Waals surface area contributed by atoms with Crippen LogP contribution in [0.4, 0.5) is 14.5 Å². The van der Waals surface area contributed by atoms with E-state index in [4.69, 9.17) is 4.74 Å². The number of ether oxygens (including phenoxy) is 2. The molecule has 0 aliphatic carbocycles. The zero-order chi connectivity index (χ0) is 20.0. The van der Waals surface area contributed by atoms with Crippen LogP contribution in [-0.2, 0) is 11.3 Å². The Balaban J connectivity index is 1.98. The van der Waals surface area contributed by atoms with Gasteiger partial charge in [0, 0.05) is 12.2 Å². The van der Waals surface area contributed by atoms with Crippen LogP contribution in [0, 0.1) is 13.8 Å². The topological polar surface area (TPSA) is 50.8 Å². The van der Waals surface area contributed by atoms with Crippen LogP contribution in [0.5, 0.6) is 11.5 Å². The minimum atomic E-state index is -2.92. The smallest absolute Gasteiger partial charge is 0.387 e. The van der Waals surface area contributed by atoms with Gasteiger partial charge in [-0.05, 0) is 49.7 Å². The summed E-state index contributed by atoms with van der Waals surface area (Å²) >= 11 is 0. The predicted octanol–water partition coefficient (Wildman–Crippen LogP) is 3.98. The molecule has 0 bridgehead atoms. The molecule has 1 N–H and O–H groups in total. The van der Waals surface area contributed by atoms with Gasteiger partial charge in [-0.3, -0.25) is 9.69 Å². The van der Waals surface area contributed by atoms with Gasteiger partial charge in [-0.25, -0.2) is 0 Å². The summed E-state index contributed by atoms with van der Waals surface area (Å²) in [5, 5.41) is 2.94. The Bertz CT molecular complexity index is 777. The highest BCUT2D eigenvalue weighted by molar-refractivity contribution is 5.93. The molecule has 0 saturated carbocycles. The van der Waals surface area contributed by atoms with Crippen molar-refractivity contribution in [1.29, 1.82) is 0 Å².